The molecule has 182 valence electrons. The van der Waals surface area contributed by atoms with Crippen LogP contribution >= 0.6 is 0 Å². The van der Waals surface area contributed by atoms with Crippen molar-refractivity contribution >= 4 is 11.5 Å². The normalized spacial score (nSPS) is 16.9. The second-order valence-corrected chi connectivity index (χ2v) is 7.84. The Morgan fingerprint density at radius 2 is 2.09 bits per heavy atom. The Labute approximate surface area is 202 Å². The van der Waals surface area contributed by atoms with Gasteiger partial charge < -0.3 is 15.0 Å². The van der Waals surface area contributed by atoms with Gasteiger partial charge in [-0.1, -0.05) is 6.08 Å². The molecule has 0 fully saturated rings. The highest BCUT2D eigenvalue weighted by Gasteiger charge is 2.34. The maximum Gasteiger partial charge on any atom is 0.417 e. The van der Waals surface area contributed by atoms with Gasteiger partial charge in [0, 0.05) is 42.8 Å². The molecular formula is C26H26F3N5O. The summed E-state index contributed by atoms with van der Waals surface area (Å²) < 4.78 is 45.8. The number of alkyl halides is 3. The van der Waals surface area contributed by atoms with E-state index >= 15 is 0 Å². The van der Waals surface area contributed by atoms with Crippen LogP contribution in [0.3, 0.4) is 0 Å². The summed E-state index contributed by atoms with van der Waals surface area (Å²) in [6, 6.07) is 8.90. The van der Waals surface area contributed by atoms with Gasteiger partial charge in [0.25, 0.3) is 0 Å². The number of rotatable bonds is 7. The van der Waals surface area contributed by atoms with E-state index < -0.39 is 23.5 Å². The first kappa shape index (κ1) is 25.6. The summed E-state index contributed by atoms with van der Waals surface area (Å²) in [5.74, 6) is 1.34. The van der Waals surface area contributed by atoms with E-state index in [9.17, 15) is 13.2 Å². The molecule has 1 aromatic carbocycles. The highest BCUT2D eigenvalue weighted by atomic mass is 19.4. The van der Waals surface area contributed by atoms with Gasteiger partial charge in [0.2, 0.25) is 0 Å². The number of benzene rings is 1. The summed E-state index contributed by atoms with van der Waals surface area (Å²) in [6.07, 6.45) is 4.32. The summed E-state index contributed by atoms with van der Waals surface area (Å²) >= 11 is 0. The van der Waals surface area contributed by atoms with Gasteiger partial charge in [-0.25, -0.2) is 4.99 Å². The molecule has 1 aliphatic heterocycles. The molecule has 1 N–H and O–H groups in total. The average molecular weight is 482 g/mol. The summed E-state index contributed by atoms with van der Waals surface area (Å²) in [4.78, 5) is 10.9. The number of pyridine rings is 1. The molecule has 0 saturated carbocycles. The first-order valence-corrected chi connectivity index (χ1v) is 10.9. The highest BCUT2D eigenvalue weighted by Crippen LogP contribution is 2.34. The number of nitrogens with zero attached hydrogens (tertiary/aromatic N) is 4. The number of hydrogen-bond acceptors (Lipinski definition) is 6. The molecule has 0 bridgehead atoms. The number of ether oxygens (including phenoxy) is 1. The number of aliphatic imine (C=N–C) groups is 1. The van der Waals surface area contributed by atoms with Crippen molar-refractivity contribution < 1.29 is 17.9 Å². The number of hydrogen-bond donors (Lipinski definition) is 1. The predicted octanol–water partition coefficient (Wildman–Crippen LogP) is 5.87. The maximum atomic E-state index is 13.5. The van der Waals surface area contributed by atoms with Crippen LogP contribution in [0.4, 0.5) is 18.9 Å². The van der Waals surface area contributed by atoms with E-state index in [1.807, 2.05) is 50.1 Å². The molecular weight excluding hydrogens is 455 g/mol. The third-order valence-electron chi connectivity index (χ3n) is 5.61. The van der Waals surface area contributed by atoms with Gasteiger partial charge in [-0.3, -0.25) is 4.98 Å². The fourth-order valence-corrected chi connectivity index (χ4v) is 3.73. The van der Waals surface area contributed by atoms with Crippen LogP contribution in [0.2, 0.25) is 0 Å². The first-order chi connectivity index (χ1) is 16.7. The molecule has 6 nitrogen and oxygen atoms in total. The molecule has 35 heavy (non-hydrogen) atoms. The van der Waals surface area contributed by atoms with E-state index in [4.69, 9.17) is 15.0 Å². The molecule has 0 aliphatic carbocycles. The summed E-state index contributed by atoms with van der Waals surface area (Å²) in [5.41, 5.74) is 1.23. The minimum Gasteiger partial charge on any atom is -0.497 e. The maximum absolute atomic E-state index is 13.5. The molecule has 0 radical (unpaired) electrons. The fraction of sp³-hybridized carbons (Fsp3) is 0.269. The molecule has 0 amide bonds. The first-order valence-electron chi connectivity index (χ1n) is 10.9. The van der Waals surface area contributed by atoms with Crippen LogP contribution in [0.25, 0.3) is 0 Å². The molecule has 2 aromatic rings. The quantitative estimate of drug-likeness (QED) is 0.395. The Kier molecular flexibility index (Phi) is 7.97. The van der Waals surface area contributed by atoms with Crippen LogP contribution in [0, 0.1) is 11.3 Å². The number of halogens is 3. The number of nitriles is 1. The van der Waals surface area contributed by atoms with Crippen LogP contribution in [0.5, 0.6) is 0 Å². The third-order valence-corrected chi connectivity index (χ3v) is 5.61. The van der Waals surface area contributed by atoms with Crippen molar-refractivity contribution in [1.82, 2.24) is 9.88 Å². The van der Waals surface area contributed by atoms with Gasteiger partial charge in [0.05, 0.1) is 24.3 Å². The lowest BCUT2D eigenvalue weighted by Gasteiger charge is -2.37. The lowest BCUT2D eigenvalue weighted by molar-refractivity contribution is -0.137. The Bertz CT molecular complexity index is 1220. The zero-order chi connectivity index (χ0) is 25.6. The second-order valence-electron chi connectivity index (χ2n) is 7.84. The Morgan fingerprint density at radius 3 is 2.69 bits per heavy atom. The minimum absolute atomic E-state index is 0.241. The van der Waals surface area contributed by atoms with Crippen molar-refractivity contribution in [2.45, 2.75) is 32.6 Å². The van der Waals surface area contributed by atoms with Crippen LogP contribution in [0.1, 0.15) is 37.0 Å². The zero-order valence-electron chi connectivity index (χ0n) is 19.9. The molecule has 1 unspecified atom stereocenters. The summed E-state index contributed by atoms with van der Waals surface area (Å²) in [6.45, 7) is 3.76. The molecule has 1 aromatic heterocycles. The molecule has 1 atom stereocenters. The van der Waals surface area contributed by atoms with E-state index in [0.717, 1.165) is 22.9 Å². The van der Waals surface area contributed by atoms with E-state index in [2.05, 4.69) is 10.3 Å². The van der Waals surface area contributed by atoms with Crippen molar-refractivity contribution in [2.75, 3.05) is 19.5 Å². The van der Waals surface area contributed by atoms with E-state index in [1.165, 1.54) is 12.1 Å². The van der Waals surface area contributed by atoms with Crippen LogP contribution in [-0.2, 0) is 10.9 Å². The minimum atomic E-state index is -4.64. The van der Waals surface area contributed by atoms with Crippen molar-refractivity contribution in [2.24, 2.45) is 4.99 Å². The Balaban J connectivity index is 2.02. The van der Waals surface area contributed by atoms with Gasteiger partial charge >= 0.3 is 6.18 Å². The van der Waals surface area contributed by atoms with E-state index in [1.54, 1.807) is 31.6 Å². The molecule has 1 aliphatic rings. The molecule has 9 heteroatoms. The van der Waals surface area contributed by atoms with Crippen LogP contribution in [0.15, 0.2) is 83.0 Å². The fourth-order valence-electron chi connectivity index (χ4n) is 3.73. The van der Waals surface area contributed by atoms with Gasteiger partial charge in [-0.2, -0.15) is 18.4 Å². The predicted molar refractivity (Wildman–Crippen MR) is 129 cm³/mol. The summed E-state index contributed by atoms with van der Waals surface area (Å²) in [5, 5.41) is 12.3. The number of amidine groups is 1. The SMILES string of the molecule is C/C=C(\C=C/CC1=C(C)C(Nc2ccc(C#N)c(C(F)(F)F)c2)N(C)C(c2cccnc2)=N1)OC. The van der Waals surface area contributed by atoms with E-state index in [0.29, 0.717) is 18.0 Å². The molecule has 0 saturated heterocycles. The zero-order valence-corrected chi connectivity index (χ0v) is 19.9. The Hall–Kier alpha value is -4.06. The number of methoxy groups -OCH3 is 1. The van der Waals surface area contributed by atoms with Gasteiger partial charge in [-0.05, 0) is 61.9 Å². The van der Waals surface area contributed by atoms with Gasteiger partial charge in [-0.15, -0.1) is 0 Å². The average Bonchev–Trinajstić information content (AvgIpc) is 2.85. The van der Waals surface area contributed by atoms with Gasteiger partial charge in [0.15, 0.2) is 0 Å². The number of aromatic nitrogens is 1. The topological polar surface area (TPSA) is 73.5 Å². The lowest BCUT2D eigenvalue weighted by Crippen LogP contribution is -2.46. The lowest BCUT2D eigenvalue weighted by atomic mass is 10.0. The van der Waals surface area contributed by atoms with Crippen molar-refractivity contribution in [1.29, 1.82) is 5.26 Å². The molecule has 2 heterocycles. The Morgan fingerprint density at radius 1 is 1.31 bits per heavy atom. The standard InChI is InChI=1S/C26H26F3N5O/c1-5-21(35-4)9-6-10-23-17(2)24(34(3)25(33-23)19-8-7-13-31-16-19)32-20-12-11-18(15-30)22(14-20)26(27,28)29/h5-9,11-14,16,24,32H,10H2,1-4H3/b9-6-,21-5+. The molecule has 3 rings (SSSR count). The third kappa shape index (κ3) is 5.90. The van der Waals surface area contributed by atoms with Crippen LogP contribution < -0.4 is 5.32 Å². The highest BCUT2D eigenvalue weighted by molar-refractivity contribution is 6.00. The van der Waals surface area contributed by atoms with Crippen molar-refractivity contribution in [3.63, 3.8) is 0 Å². The number of nitrogens with one attached hydrogen (secondary N) is 1. The number of likely N-dealkylation sites (N-methyl/N-ethyl adjacent to an activating group) is 1. The molecule has 0 spiro atoms. The second kappa shape index (κ2) is 10.9. The number of anilines is 1. The van der Waals surface area contributed by atoms with Crippen LogP contribution in [-0.4, -0.2) is 36.0 Å². The van der Waals surface area contributed by atoms with Crippen molar-refractivity contribution in [3.8, 4) is 6.07 Å². The van der Waals surface area contributed by atoms with Gasteiger partial charge in [0.1, 0.15) is 17.8 Å². The summed E-state index contributed by atoms with van der Waals surface area (Å²) in [7, 11) is 3.40. The monoisotopic (exact) mass is 481 g/mol. The largest absolute Gasteiger partial charge is 0.497 e. The van der Waals surface area contributed by atoms with Crippen molar-refractivity contribution in [3.05, 3.63) is 94.7 Å². The van der Waals surface area contributed by atoms with E-state index in [-0.39, 0.29) is 5.69 Å². The smallest absolute Gasteiger partial charge is 0.417 e. The number of allylic oxidation sites excluding steroid dienone is 3.